The van der Waals surface area contributed by atoms with Crippen molar-refractivity contribution >= 4 is 44.8 Å². The van der Waals surface area contributed by atoms with Gasteiger partial charge in [0.05, 0.1) is 9.92 Å². The zero-order valence-corrected chi connectivity index (χ0v) is 15.4. The van der Waals surface area contributed by atoms with E-state index in [-0.39, 0.29) is 16.3 Å². The molecule has 134 valence electrons. The minimum absolute atomic E-state index is 0.0343. The molecule has 1 amide bonds. The number of benzene rings is 2. The predicted octanol–water partition coefficient (Wildman–Crippen LogP) is 4.15. The van der Waals surface area contributed by atoms with Gasteiger partial charge in [-0.1, -0.05) is 29.3 Å². The highest BCUT2D eigenvalue weighted by Gasteiger charge is 2.15. The van der Waals surface area contributed by atoms with Crippen LogP contribution < -0.4 is 10.5 Å². The fourth-order valence-electron chi connectivity index (χ4n) is 2.24. The van der Waals surface area contributed by atoms with Crippen LogP contribution in [0.3, 0.4) is 0 Å². The normalized spacial score (nSPS) is 11.3. The standard InChI is InChI=1S/C17H12Cl2N2O4S/c18-10-4-5-13(14(19)8-10)15-6-7-16(25-15)17(22)21-11-2-1-3-12(9-11)26(20,23)24/h1-9H,(H,21,22)(H2,20,23,24). The topological polar surface area (TPSA) is 102 Å². The van der Waals surface area contributed by atoms with Crippen LogP contribution in [0.25, 0.3) is 11.3 Å². The average Bonchev–Trinajstić information content (AvgIpc) is 3.04. The molecule has 3 aromatic rings. The first-order valence-electron chi connectivity index (χ1n) is 7.23. The van der Waals surface area contributed by atoms with Crippen LogP contribution in [0.1, 0.15) is 10.6 Å². The Morgan fingerprint density at radius 2 is 1.81 bits per heavy atom. The lowest BCUT2D eigenvalue weighted by Crippen LogP contribution is -2.14. The molecule has 9 heteroatoms. The van der Waals surface area contributed by atoms with Crippen LogP contribution >= 0.6 is 23.2 Å². The summed E-state index contributed by atoms with van der Waals surface area (Å²) in [5, 5.41) is 8.50. The van der Waals surface area contributed by atoms with Crippen molar-refractivity contribution in [1.82, 2.24) is 0 Å². The molecule has 26 heavy (non-hydrogen) atoms. The Balaban J connectivity index is 1.83. The summed E-state index contributed by atoms with van der Waals surface area (Å²) in [5.74, 6) is -0.116. The number of hydrogen-bond acceptors (Lipinski definition) is 4. The molecule has 3 N–H and O–H groups in total. The van der Waals surface area contributed by atoms with Gasteiger partial charge in [-0.25, -0.2) is 13.6 Å². The summed E-state index contributed by atoms with van der Waals surface area (Å²) < 4.78 is 28.3. The van der Waals surface area contributed by atoms with Gasteiger partial charge in [0.2, 0.25) is 10.0 Å². The molecule has 0 aliphatic carbocycles. The highest BCUT2D eigenvalue weighted by atomic mass is 35.5. The van der Waals surface area contributed by atoms with Gasteiger partial charge in [-0.2, -0.15) is 0 Å². The van der Waals surface area contributed by atoms with Crippen LogP contribution in [0, 0.1) is 0 Å². The molecule has 3 rings (SSSR count). The summed E-state index contributed by atoms with van der Waals surface area (Å²) >= 11 is 12.0. The number of amides is 1. The van der Waals surface area contributed by atoms with Gasteiger partial charge in [0.25, 0.3) is 5.91 Å². The maximum absolute atomic E-state index is 12.3. The molecular weight excluding hydrogens is 399 g/mol. The number of nitrogens with two attached hydrogens (primary N) is 1. The number of rotatable bonds is 4. The van der Waals surface area contributed by atoms with Crippen molar-refractivity contribution < 1.29 is 17.6 Å². The lowest BCUT2D eigenvalue weighted by Gasteiger charge is -2.05. The molecule has 1 aromatic heterocycles. The molecule has 6 nitrogen and oxygen atoms in total. The first-order chi connectivity index (χ1) is 12.2. The van der Waals surface area contributed by atoms with E-state index in [0.717, 1.165) is 0 Å². The van der Waals surface area contributed by atoms with Crippen molar-refractivity contribution in [2.75, 3.05) is 5.32 Å². The van der Waals surface area contributed by atoms with Crippen molar-refractivity contribution in [3.05, 3.63) is 70.4 Å². The molecule has 0 bridgehead atoms. The second-order valence-electron chi connectivity index (χ2n) is 5.32. The van der Waals surface area contributed by atoms with Crippen molar-refractivity contribution in [2.45, 2.75) is 4.90 Å². The van der Waals surface area contributed by atoms with Gasteiger partial charge in [0, 0.05) is 16.3 Å². The SMILES string of the molecule is NS(=O)(=O)c1cccc(NC(=O)c2ccc(-c3ccc(Cl)cc3Cl)o2)c1. The molecule has 0 unspecified atom stereocenters. The Kier molecular flexibility index (Phi) is 5.06. The molecule has 0 aliphatic rings. The van der Waals surface area contributed by atoms with E-state index in [4.69, 9.17) is 32.8 Å². The van der Waals surface area contributed by atoms with Crippen LogP contribution in [0.5, 0.6) is 0 Å². The summed E-state index contributed by atoms with van der Waals surface area (Å²) in [4.78, 5) is 12.2. The van der Waals surface area contributed by atoms with Crippen LogP contribution in [0.2, 0.25) is 10.0 Å². The molecule has 0 atom stereocenters. The minimum Gasteiger partial charge on any atom is -0.451 e. The van der Waals surface area contributed by atoms with E-state index in [1.165, 1.54) is 30.3 Å². The van der Waals surface area contributed by atoms with E-state index in [9.17, 15) is 13.2 Å². The van der Waals surface area contributed by atoms with Gasteiger partial charge in [0.1, 0.15) is 5.76 Å². The molecule has 0 fully saturated rings. The van der Waals surface area contributed by atoms with E-state index in [2.05, 4.69) is 5.32 Å². The van der Waals surface area contributed by atoms with E-state index in [0.29, 0.717) is 21.4 Å². The Bertz CT molecular complexity index is 1090. The molecule has 0 radical (unpaired) electrons. The fraction of sp³-hybridized carbons (Fsp3) is 0. The molecule has 0 aliphatic heterocycles. The van der Waals surface area contributed by atoms with Crippen LogP contribution in [-0.2, 0) is 10.0 Å². The maximum Gasteiger partial charge on any atom is 0.291 e. The fourth-order valence-corrected chi connectivity index (χ4v) is 3.30. The number of sulfonamides is 1. The van der Waals surface area contributed by atoms with Gasteiger partial charge in [-0.05, 0) is 48.5 Å². The number of nitrogens with one attached hydrogen (secondary N) is 1. The summed E-state index contributed by atoms with van der Waals surface area (Å²) in [6.45, 7) is 0. The van der Waals surface area contributed by atoms with Crippen molar-refractivity contribution in [3.63, 3.8) is 0 Å². The van der Waals surface area contributed by atoms with Crippen molar-refractivity contribution in [1.29, 1.82) is 0 Å². The van der Waals surface area contributed by atoms with E-state index in [1.54, 1.807) is 24.3 Å². The Hall–Kier alpha value is -2.32. The summed E-state index contributed by atoms with van der Waals surface area (Å²) in [7, 11) is -3.87. The second kappa shape index (κ2) is 7.13. The highest BCUT2D eigenvalue weighted by molar-refractivity contribution is 7.89. The molecule has 0 saturated carbocycles. The lowest BCUT2D eigenvalue weighted by atomic mass is 10.2. The van der Waals surface area contributed by atoms with E-state index in [1.807, 2.05) is 0 Å². The average molecular weight is 411 g/mol. The smallest absolute Gasteiger partial charge is 0.291 e. The zero-order valence-electron chi connectivity index (χ0n) is 13.1. The van der Waals surface area contributed by atoms with Gasteiger partial charge < -0.3 is 9.73 Å². The van der Waals surface area contributed by atoms with Crippen molar-refractivity contribution in [3.8, 4) is 11.3 Å². The number of hydrogen-bond donors (Lipinski definition) is 2. The largest absolute Gasteiger partial charge is 0.451 e. The van der Waals surface area contributed by atoms with Crippen LogP contribution in [0.4, 0.5) is 5.69 Å². The Morgan fingerprint density at radius 3 is 2.50 bits per heavy atom. The third kappa shape index (κ3) is 4.08. The summed E-state index contributed by atoms with van der Waals surface area (Å²) in [5.41, 5.74) is 0.857. The van der Waals surface area contributed by atoms with Crippen LogP contribution in [-0.4, -0.2) is 14.3 Å². The molecule has 2 aromatic carbocycles. The van der Waals surface area contributed by atoms with E-state index >= 15 is 0 Å². The summed E-state index contributed by atoms with van der Waals surface area (Å²) in [6.07, 6.45) is 0. The van der Waals surface area contributed by atoms with Crippen molar-refractivity contribution in [2.24, 2.45) is 5.14 Å². The molecule has 1 heterocycles. The first-order valence-corrected chi connectivity index (χ1v) is 9.54. The molecular formula is C17H12Cl2N2O4S. The first kappa shape index (κ1) is 18.5. The third-order valence-electron chi connectivity index (χ3n) is 3.45. The number of carbonyl (C=O) groups excluding carboxylic acids is 1. The number of halogens is 2. The number of carbonyl (C=O) groups is 1. The second-order valence-corrected chi connectivity index (χ2v) is 7.72. The Morgan fingerprint density at radius 1 is 1.04 bits per heavy atom. The number of anilines is 1. The van der Waals surface area contributed by atoms with E-state index < -0.39 is 15.9 Å². The van der Waals surface area contributed by atoms with Crippen LogP contribution in [0.15, 0.2) is 63.9 Å². The summed E-state index contributed by atoms with van der Waals surface area (Å²) in [6, 6.07) is 13.6. The monoisotopic (exact) mass is 410 g/mol. The number of furan rings is 1. The predicted molar refractivity (Wildman–Crippen MR) is 99.9 cm³/mol. The minimum atomic E-state index is -3.87. The maximum atomic E-state index is 12.3. The quantitative estimate of drug-likeness (QED) is 0.673. The third-order valence-corrected chi connectivity index (χ3v) is 4.91. The zero-order chi connectivity index (χ0) is 18.9. The lowest BCUT2D eigenvalue weighted by molar-refractivity contribution is 0.0997. The highest BCUT2D eigenvalue weighted by Crippen LogP contribution is 2.31. The Labute approximate surface area is 159 Å². The molecule has 0 spiro atoms. The number of primary sulfonamides is 1. The van der Waals surface area contributed by atoms with Gasteiger partial charge in [0.15, 0.2) is 5.76 Å². The molecule has 0 saturated heterocycles. The van der Waals surface area contributed by atoms with Gasteiger partial charge in [-0.15, -0.1) is 0 Å². The van der Waals surface area contributed by atoms with Gasteiger partial charge in [-0.3, -0.25) is 4.79 Å². The van der Waals surface area contributed by atoms with Gasteiger partial charge >= 0.3 is 0 Å².